The van der Waals surface area contributed by atoms with Crippen LogP contribution in [0.5, 0.6) is 0 Å². The monoisotopic (exact) mass is 311 g/mol. The minimum Gasteiger partial charge on any atom is -0.356 e. The molecule has 0 aromatic heterocycles. The molecule has 0 rings (SSSR count). The van der Waals surface area contributed by atoms with Gasteiger partial charge < -0.3 is 5.32 Å². The van der Waals surface area contributed by atoms with Crippen molar-refractivity contribution in [3.63, 3.8) is 0 Å². The van der Waals surface area contributed by atoms with Crippen molar-refractivity contribution >= 4 is 5.91 Å². The van der Waals surface area contributed by atoms with E-state index in [2.05, 4.69) is 46.9 Å². The molecule has 0 aliphatic rings. The molecule has 0 unspecified atom stereocenters. The Bertz CT molecular complexity index is 283. The molecule has 22 heavy (non-hydrogen) atoms. The van der Waals surface area contributed by atoms with Crippen molar-refractivity contribution in [1.82, 2.24) is 5.32 Å². The van der Waals surface area contributed by atoms with E-state index in [1.54, 1.807) is 0 Å². The quantitative estimate of drug-likeness (QED) is 0.459. The number of amides is 1. The summed E-state index contributed by atoms with van der Waals surface area (Å²) in [6.07, 6.45) is 12.5. The Kier molecular flexibility index (Phi) is 10.8. The van der Waals surface area contributed by atoms with Crippen LogP contribution in [-0.2, 0) is 4.79 Å². The van der Waals surface area contributed by atoms with Crippen LogP contribution in [0.3, 0.4) is 0 Å². The lowest BCUT2D eigenvalue weighted by Gasteiger charge is -2.17. The minimum absolute atomic E-state index is 0.0943. The number of unbranched alkanes of at least 4 members (excludes halogenated alkanes) is 7. The lowest BCUT2D eigenvalue weighted by molar-refractivity contribution is -0.122. The zero-order valence-electron chi connectivity index (χ0n) is 16.2. The second kappa shape index (κ2) is 11.1. The van der Waals surface area contributed by atoms with Crippen LogP contribution >= 0.6 is 0 Å². The largest absolute Gasteiger partial charge is 0.356 e. The van der Waals surface area contributed by atoms with Gasteiger partial charge >= 0.3 is 0 Å². The van der Waals surface area contributed by atoms with Gasteiger partial charge in [-0.3, -0.25) is 4.79 Å². The number of rotatable bonds is 11. The molecule has 0 saturated heterocycles. The molecule has 0 aliphatic heterocycles. The normalized spacial score (nSPS) is 12.5. The van der Waals surface area contributed by atoms with E-state index < -0.39 is 0 Å². The highest BCUT2D eigenvalue weighted by molar-refractivity contribution is 5.76. The molecule has 0 spiro atoms. The van der Waals surface area contributed by atoms with E-state index in [1.165, 1.54) is 51.4 Å². The molecule has 1 N–H and O–H groups in total. The summed E-state index contributed by atoms with van der Waals surface area (Å²) in [6.45, 7) is 14.1. The van der Waals surface area contributed by atoms with Crippen LogP contribution in [0.1, 0.15) is 106 Å². The van der Waals surface area contributed by atoms with E-state index in [1.807, 2.05) is 0 Å². The van der Waals surface area contributed by atoms with Gasteiger partial charge in [-0.1, -0.05) is 86.5 Å². The van der Waals surface area contributed by atoms with Gasteiger partial charge in [0.15, 0.2) is 0 Å². The summed E-state index contributed by atoms with van der Waals surface area (Å²) in [4.78, 5) is 11.7. The van der Waals surface area contributed by atoms with Gasteiger partial charge in [-0.2, -0.15) is 0 Å². The highest BCUT2D eigenvalue weighted by Crippen LogP contribution is 2.22. The molecule has 2 nitrogen and oxygen atoms in total. The first kappa shape index (κ1) is 21.5. The number of hydrogen-bond acceptors (Lipinski definition) is 1. The van der Waals surface area contributed by atoms with Crippen molar-refractivity contribution in [1.29, 1.82) is 0 Å². The van der Waals surface area contributed by atoms with Gasteiger partial charge in [0, 0.05) is 13.0 Å². The maximum atomic E-state index is 11.7. The Morgan fingerprint density at radius 2 is 1.14 bits per heavy atom. The first-order valence-electron chi connectivity index (χ1n) is 9.37. The molecule has 0 aromatic carbocycles. The summed E-state index contributed by atoms with van der Waals surface area (Å²) in [5.41, 5.74) is 0.592. The van der Waals surface area contributed by atoms with E-state index >= 15 is 0 Å². The van der Waals surface area contributed by atoms with Crippen molar-refractivity contribution in [2.45, 2.75) is 106 Å². The van der Waals surface area contributed by atoms with E-state index in [4.69, 9.17) is 0 Å². The zero-order valence-corrected chi connectivity index (χ0v) is 16.2. The van der Waals surface area contributed by atoms with Gasteiger partial charge in [-0.15, -0.1) is 0 Å². The van der Waals surface area contributed by atoms with Gasteiger partial charge in [0.2, 0.25) is 5.91 Å². The molecule has 0 aliphatic carbocycles. The molecule has 2 heteroatoms. The highest BCUT2D eigenvalue weighted by Gasteiger charge is 2.15. The number of carbonyl (C=O) groups excluding carboxylic acids is 1. The third-order valence-electron chi connectivity index (χ3n) is 3.87. The summed E-state index contributed by atoms with van der Waals surface area (Å²) in [6, 6.07) is 0. The smallest absolute Gasteiger partial charge is 0.220 e. The van der Waals surface area contributed by atoms with Crippen molar-refractivity contribution in [2.75, 3.05) is 6.54 Å². The summed E-state index contributed by atoms with van der Waals surface area (Å²) in [5.74, 6) is 0.200. The van der Waals surface area contributed by atoms with Crippen molar-refractivity contribution in [2.24, 2.45) is 10.8 Å². The maximum absolute atomic E-state index is 11.7. The number of nitrogens with one attached hydrogen (secondary N) is 1. The zero-order chi connectivity index (χ0) is 17.1. The van der Waals surface area contributed by atoms with Crippen LogP contribution in [0.4, 0.5) is 0 Å². The van der Waals surface area contributed by atoms with Crippen LogP contribution in [0.15, 0.2) is 0 Å². The summed E-state index contributed by atoms with van der Waals surface area (Å²) < 4.78 is 0. The van der Waals surface area contributed by atoms with Crippen LogP contribution in [-0.4, -0.2) is 12.5 Å². The molecule has 0 radical (unpaired) electrons. The van der Waals surface area contributed by atoms with Gasteiger partial charge in [0.05, 0.1) is 0 Å². The standard InChI is InChI=1S/C20H41NO/c1-19(2,3)15-13-11-9-7-8-10-12-14-16-21-18(22)17-20(4,5)6/h7-17H2,1-6H3,(H,21,22). The van der Waals surface area contributed by atoms with Crippen LogP contribution < -0.4 is 5.32 Å². The first-order chi connectivity index (χ1) is 10.1. The Balaban J connectivity index is 3.26. The lowest BCUT2D eigenvalue weighted by atomic mass is 9.89. The Labute approximate surface area is 139 Å². The third kappa shape index (κ3) is 17.5. The predicted molar refractivity (Wildman–Crippen MR) is 98.1 cm³/mol. The molecule has 0 heterocycles. The fourth-order valence-electron chi connectivity index (χ4n) is 2.61. The third-order valence-corrected chi connectivity index (χ3v) is 3.87. The fourth-order valence-corrected chi connectivity index (χ4v) is 2.61. The topological polar surface area (TPSA) is 29.1 Å². The maximum Gasteiger partial charge on any atom is 0.220 e. The van der Waals surface area contributed by atoms with Crippen LogP contribution in [0.25, 0.3) is 0 Å². The lowest BCUT2D eigenvalue weighted by Crippen LogP contribution is -2.28. The van der Waals surface area contributed by atoms with Gasteiger partial charge in [0.25, 0.3) is 0 Å². The van der Waals surface area contributed by atoms with E-state index in [9.17, 15) is 4.79 Å². The van der Waals surface area contributed by atoms with Crippen molar-refractivity contribution < 1.29 is 4.79 Å². The molecule has 0 saturated carbocycles. The summed E-state index contributed by atoms with van der Waals surface area (Å²) >= 11 is 0. The molecule has 0 fully saturated rings. The molecule has 0 atom stereocenters. The van der Waals surface area contributed by atoms with Gasteiger partial charge in [-0.25, -0.2) is 0 Å². The summed E-state index contributed by atoms with van der Waals surface area (Å²) in [5, 5.41) is 3.03. The van der Waals surface area contributed by atoms with E-state index in [0.717, 1.165) is 13.0 Å². The predicted octanol–water partition coefficient (Wildman–Crippen LogP) is 6.10. The average Bonchev–Trinajstić information content (AvgIpc) is 2.32. The van der Waals surface area contributed by atoms with Gasteiger partial charge in [-0.05, 0) is 23.7 Å². The SMILES string of the molecule is CC(C)(C)CCCCCCCCCCNC(=O)CC(C)(C)C. The Hall–Kier alpha value is -0.530. The first-order valence-corrected chi connectivity index (χ1v) is 9.37. The highest BCUT2D eigenvalue weighted by atomic mass is 16.1. The Morgan fingerprint density at radius 1 is 0.682 bits per heavy atom. The Morgan fingerprint density at radius 3 is 1.59 bits per heavy atom. The molecule has 0 aromatic rings. The molecule has 1 amide bonds. The fraction of sp³-hybridized carbons (Fsp3) is 0.950. The van der Waals surface area contributed by atoms with Crippen molar-refractivity contribution in [3.8, 4) is 0 Å². The molecular weight excluding hydrogens is 270 g/mol. The second-order valence-electron chi connectivity index (χ2n) is 9.23. The number of hydrogen-bond donors (Lipinski definition) is 1. The second-order valence-corrected chi connectivity index (χ2v) is 9.23. The molecule has 132 valence electrons. The van der Waals surface area contributed by atoms with E-state index in [0.29, 0.717) is 11.8 Å². The van der Waals surface area contributed by atoms with E-state index in [-0.39, 0.29) is 11.3 Å². The summed E-state index contributed by atoms with van der Waals surface area (Å²) in [7, 11) is 0. The minimum atomic E-state index is 0.0943. The average molecular weight is 312 g/mol. The number of carbonyl (C=O) groups is 1. The molecule has 0 bridgehead atoms. The van der Waals surface area contributed by atoms with Crippen LogP contribution in [0.2, 0.25) is 0 Å². The van der Waals surface area contributed by atoms with Crippen LogP contribution in [0, 0.1) is 10.8 Å². The van der Waals surface area contributed by atoms with Gasteiger partial charge in [0.1, 0.15) is 0 Å². The van der Waals surface area contributed by atoms with Crippen molar-refractivity contribution in [3.05, 3.63) is 0 Å². The molecular formula is C20H41NO.